The fourth-order valence-electron chi connectivity index (χ4n) is 5.08. The zero-order valence-corrected chi connectivity index (χ0v) is 23.0. The number of benzene rings is 3. The molecule has 0 saturated carbocycles. The number of fused-ring (bicyclic) bond motifs is 2. The molecular formula is C28H29BrN4O5. The average Bonchev–Trinajstić information content (AvgIpc) is 3.26. The maximum absolute atomic E-state index is 13.4. The van der Waals surface area contributed by atoms with Gasteiger partial charge >= 0.3 is 5.97 Å². The number of carboxylic acid groups (broad SMARTS) is 1. The molecule has 0 spiro atoms. The summed E-state index contributed by atoms with van der Waals surface area (Å²) in [6.45, 7) is 1.08. The van der Waals surface area contributed by atoms with Gasteiger partial charge in [0.15, 0.2) is 0 Å². The van der Waals surface area contributed by atoms with Crippen LogP contribution < -0.4 is 25.0 Å². The van der Waals surface area contributed by atoms with Crippen molar-refractivity contribution >= 4 is 44.9 Å². The summed E-state index contributed by atoms with van der Waals surface area (Å²) in [6.07, 6.45) is 1.14. The molecule has 2 N–H and O–H groups in total. The summed E-state index contributed by atoms with van der Waals surface area (Å²) in [4.78, 5) is 26.4. The first-order chi connectivity index (χ1) is 18.3. The first kappa shape index (κ1) is 25.9. The van der Waals surface area contributed by atoms with E-state index in [1.165, 1.54) is 0 Å². The van der Waals surface area contributed by atoms with E-state index >= 15 is 0 Å². The Morgan fingerprint density at radius 1 is 1.08 bits per heavy atom. The van der Waals surface area contributed by atoms with Gasteiger partial charge in [0.2, 0.25) is 0 Å². The Kier molecular flexibility index (Phi) is 7.18. The van der Waals surface area contributed by atoms with Crippen molar-refractivity contribution in [3.63, 3.8) is 0 Å². The van der Waals surface area contributed by atoms with Crippen molar-refractivity contribution in [2.45, 2.75) is 25.8 Å². The Morgan fingerprint density at radius 3 is 2.61 bits per heavy atom. The van der Waals surface area contributed by atoms with Gasteiger partial charge in [-0.25, -0.2) is 0 Å². The number of carboxylic acids is 1. The minimum atomic E-state index is -0.838. The van der Waals surface area contributed by atoms with Crippen LogP contribution in [0.3, 0.4) is 0 Å². The first-order valence-electron chi connectivity index (χ1n) is 12.3. The molecule has 0 unspecified atom stereocenters. The highest BCUT2D eigenvalue weighted by atomic mass is 79.9. The van der Waals surface area contributed by atoms with Crippen molar-refractivity contribution < 1.29 is 24.2 Å². The van der Waals surface area contributed by atoms with E-state index in [1.54, 1.807) is 32.4 Å². The molecule has 3 aromatic rings. The third-order valence-corrected chi connectivity index (χ3v) is 7.62. The molecule has 38 heavy (non-hydrogen) atoms. The predicted molar refractivity (Wildman–Crippen MR) is 148 cm³/mol. The molecule has 198 valence electrons. The topological polar surface area (TPSA) is 94.6 Å². The molecule has 10 heteroatoms. The first-order valence-corrected chi connectivity index (χ1v) is 13.1. The van der Waals surface area contributed by atoms with Gasteiger partial charge < -0.3 is 19.5 Å². The van der Waals surface area contributed by atoms with Crippen molar-refractivity contribution in [2.75, 3.05) is 37.8 Å². The monoisotopic (exact) mass is 580 g/mol. The van der Waals surface area contributed by atoms with Crippen LogP contribution in [-0.2, 0) is 24.2 Å². The van der Waals surface area contributed by atoms with Crippen LogP contribution in [0.15, 0.2) is 53.0 Å². The number of rotatable bonds is 7. The van der Waals surface area contributed by atoms with Gasteiger partial charge in [-0.2, -0.15) is 0 Å². The molecule has 2 aliphatic heterocycles. The van der Waals surface area contributed by atoms with Crippen LogP contribution in [0.1, 0.15) is 33.5 Å². The molecule has 0 aliphatic carbocycles. The Balaban J connectivity index is 1.45. The van der Waals surface area contributed by atoms with Crippen molar-refractivity contribution in [3.8, 4) is 11.5 Å². The predicted octanol–water partition coefficient (Wildman–Crippen LogP) is 4.69. The Bertz CT molecular complexity index is 1410. The zero-order chi connectivity index (χ0) is 27.0. The molecule has 0 bridgehead atoms. The number of methoxy groups -OCH3 is 2. The molecular weight excluding hydrogens is 552 g/mol. The molecule has 0 aromatic heterocycles. The fraction of sp³-hybridized carbons (Fsp3) is 0.286. The summed E-state index contributed by atoms with van der Waals surface area (Å²) < 4.78 is 11.6. The van der Waals surface area contributed by atoms with Crippen LogP contribution in [0.4, 0.5) is 17.1 Å². The summed E-state index contributed by atoms with van der Waals surface area (Å²) in [7, 11) is 5.13. The number of ether oxygens (including phenoxy) is 2. The summed E-state index contributed by atoms with van der Waals surface area (Å²) in [5.41, 5.74) is 9.89. The van der Waals surface area contributed by atoms with Gasteiger partial charge in [0.1, 0.15) is 17.2 Å². The van der Waals surface area contributed by atoms with E-state index in [9.17, 15) is 14.7 Å². The third kappa shape index (κ3) is 4.77. The minimum Gasteiger partial charge on any atom is -0.497 e. The number of halogens is 1. The molecule has 3 aromatic carbocycles. The van der Waals surface area contributed by atoms with E-state index < -0.39 is 5.97 Å². The molecule has 5 rings (SSSR count). The van der Waals surface area contributed by atoms with E-state index in [-0.39, 0.29) is 12.3 Å². The lowest BCUT2D eigenvalue weighted by atomic mass is 9.96. The fourth-order valence-corrected chi connectivity index (χ4v) is 5.61. The number of hydrogen-bond donors (Lipinski definition) is 2. The second kappa shape index (κ2) is 10.5. The lowest BCUT2D eigenvalue weighted by Crippen LogP contribution is -2.41. The molecule has 0 atom stereocenters. The van der Waals surface area contributed by atoms with Gasteiger partial charge in [-0.15, -0.1) is 5.53 Å². The standard InChI is InChI=1S/C28H29BrN4O5/c1-31-27-24(13-17(7-10-26(34)35)14-25(27)38-3)33(30-31)23-6-4-5-18-16-32(12-11-20(18)23)28(36)21-9-8-19(37-2)15-22(21)29/h4-6,8-9,13-15,30H,7,10-12,16H2,1-3H3,(H,34,35). The largest absolute Gasteiger partial charge is 0.497 e. The van der Waals surface area contributed by atoms with Crippen LogP contribution in [0, 0.1) is 0 Å². The normalized spacial score (nSPS) is 14.3. The lowest BCUT2D eigenvalue weighted by molar-refractivity contribution is -0.136. The van der Waals surface area contributed by atoms with Crippen LogP contribution in [0.2, 0.25) is 0 Å². The number of nitrogens with one attached hydrogen (secondary N) is 1. The highest BCUT2D eigenvalue weighted by Gasteiger charge is 2.32. The van der Waals surface area contributed by atoms with Crippen LogP contribution in [-0.4, -0.2) is 49.7 Å². The van der Waals surface area contributed by atoms with E-state index in [1.807, 2.05) is 40.2 Å². The number of hydrazine groups is 2. The van der Waals surface area contributed by atoms with Crippen LogP contribution in [0.25, 0.3) is 0 Å². The number of aryl methyl sites for hydroxylation is 1. The maximum atomic E-state index is 13.4. The van der Waals surface area contributed by atoms with E-state index in [2.05, 4.69) is 33.6 Å². The second-order valence-corrected chi connectivity index (χ2v) is 10.1. The highest BCUT2D eigenvalue weighted by molar-refractivity contribution is 9.10. The van der Waals surface area contributed by atoms with Crippen LogP contribution >= 0.6 is 15.9 Å². The number of carbonyl (C=O) groups excluding carboxylic acids is 1. The number of aliphatic carboxylic acids is 1. The smallest absolute Gasteiger partial charge is 0.303 e. The molecule has 0 saturated heterocycles. The maximum Gasteiger partial charge on any atom is 0.303 e. The van der Waals surface area contributed by atoms with Gasteiger partial charge in [0.05, 0.1) is 31.2 Å². The van der Waals surface area contributed by atoms with E-state index in [4.69, 9.17) is 9.47 Å². The Morgan fingerprint density at radius 2 is 1.89 bits per heavy atom. The quantitative estimate of drug-likeness (QED) is 0.415. The van der Waals surface area contributed by atoms with E-state index in [0.717, 1.165) is 33.8 Å². The number of carbonyl (C=O) groups is 2. The molecule has 2 heterocycles. The van der Waals surface area contributed by atoms with Crippen molar-refractivity contribution in [1.29, 1.82) is 0 Å². The number of anilines is 3. The molecule has 0 radical (unpaired) electrons. The molecule has 2 aliphatic rings. The van der Waals surface area contributed by atoms with Crippen molar-refractivity contribution in [1.82, 2.24) is 10.4 Å². The SMILES string of the molecule is COc1ccc(C(=O)N2CCc3c(cccc3N3NN(C)c4c(OC)cc(CCC(=O)O)cc43)C2)c(Br)c1. The Hall–Kier alpha value is -3.76. The number of hydrogen-bond acceptors (Lipinski definition) is 7. The van der Waals surface area contributed by atoms with Crippen molar-refractivity contribution in [2.24, 2.45) is 0 Å². The zero-order valence-electron chi connectivity index (χ0n) is 21.5. The lowest BCUT2D eigenvalue weighted by Gasteiger charge is -2.32. The third-order valence-electron chi connectivity index (χ3n) is 6.96. The number of nitrogens with zero attached hydrogens (tertiary/aromatic N) is 3. The summed E-state index contributed by atoms with van der Waals surface area (Å²) in [5, 5.41) is 13.1. The van der Waals surface area contributed by atoms with Gasteiger partial charge in [0, 0.05) is 31.0 Å². The molecule has 1 amide bonds. The van der Waals surface area contributed by atoms with Gasteiger partial charge in [-0.05, 0) is 81.9 Å². The summed E-state index contributed by atoms with van der Waals surface area (Å²) in [6, 6.07) is 15.4. The van der Waals surface area contributed by atoms with E-state index in [0.29, 0.717) is 47.5 Å². The summed E-state index contributed by atoms with van der Waals surface area (Å²) in [5.74, 6) is 0.488. The number of amides is 1. The highest BCUT2D eigenvalue weighted by Crippen LogP contribution is 2.46. The molecule has 9 nitrogen and oxygen atoms in total. The van der Waals surface area contributed by atoms with Crippen LogP contribution in [0.5, 0.6) is 11.5 Å². The van der Waals surface area contributed by atoms with Gasteiger partial charge in [-0.3, -0.25) is 19.6 Å². The molecule has 0 fully saturated rings. The van der Waals surface area contributed by atoms with Crippen molar-refractivity contribution in [3.05, 3.63) is 75.3 Å². The summed E-state index contributed by atoms with van der Waals surface area (Å²) >= 11 is 3.51. The van der Waals surface area contributed by atoms with Gasteiger partial charge in [-0.1, -0.05) is 12.1 Å². The second-order valence-electron chi connectivity index (χ2n) is 9.29. The minimum absolute atomic E-state index is 0.0345. The average molecular weight is 581 g/mol. The van der Waals surface area contributed by atoms with Gasteiger partial charge in [0.25, 0.3) is 5.91 Å². The Labute approximate surface area is 229 Å².